The maximum Gasteiger partial charge on any atom is 0.234 e. The first-order valence-corrected chi connectivity index (χ1v) is 9.54. The molecule has 28 heavy (non-hydrogen) atoms. The highest BCUT2D eigenvalue weighted by Crippen LogP contribution is 2.21. The van der Waals surface area contributed by atoms with Crippen molar-refractivity contribution in [1.29, 1.82) is 0 Å². The van der Waals surface area contributed by atoms with Crippen LogP contribution in [0.1, 0.15) is 11.3 Å². The van der Waals surface area contributed by atoms with Crippen molar-refractivity contribution in [3.63, 3.8) is 0 Å². The van der Waals surface area contributed by atoms with Crippen LogP contribution in [0.25, 0.3) is 0 Å². The number of carbonyl (C=O) groups is 1. The summed E-state index contributed by atoms with van der Waals surface area (Å²) in [5, 5.41) is 12.7. The van der Waals surface area contributed by atoms with Gasteiger partial charge >= 0.3 is 0 Å². The van der Waals surface area contributed by atoms with Crippen LogP contribution >= 0.6 is 11.8 Å². The number of benzene rings is 2. The molecule has 1 aromatic heterocycles. The molecule has 0 bridgehead atoms. The highest BCUT2D eigenvalue weighted by Gasteiger charge is 2.12. The van der Waals surface area contributed by atoms with Crippen molar-refractivity contribution in [2.24, 2.45) is 0 Å². The molecule has 0 saturated carbocycles. The number of ether oxygens (including phenoxy) is 1. The minimum Gasteiger partial charge on any atom is -0.497 e. The molecule has 146 valence electrons. The number of hydrogen-bond acceptors (Lipinski definition) is 5. The van der Waals surface area contributed by atoms with Crippen LogP contribution in [0, 0.1) is 5.82 Å². The zero-order chi connectivity index (χ0) is 19.9. The number of rotatable bonds is 8. The van der Waals surface area contributed by atoms with Crippen LogP contribution in [0.4, 0.5) is 10.1 Å². The number of nitrogens with one attached hydrogen (secondary N) is 1. The average Bonchev–Trinajstić information content (AvgIpc) is 3.09. The summed E-state index contributed by atoms with van der Waals surface area (Å²) >= 11 is 1.25. The van der Waals surface area contributed by atoms with E-state index in [1.807, 2.05) is 28.8 Å². The Morgan fingerprint density at radius 3 is 2.75 bits per heavy atom. The predicted octanol–water partition coefficient (Wildman–Crippen LogP) is 3.30. The number of carbonyl (C=O) groups excluding carboxylic acids is 1. The van der Waals surface area contributed by atoms with E-state index in [0.29, 0.717) is 23.1 Å². The number of aromatic nitrogens is 2. The van der Waals surface area contributed by atoms with Gasteiger partial charge < -0.3 is 19.7 Å². The second-order valence-corrected chi connectivity index (χ2v) is 6.94. The van der Waals surface area contributed by atoms with Gasteiger partial charge in [0.05, 0.1) is 25.2 Å². The molecule has 6 nitrogen and oxygen atoms in total. The summed E-state index contributed by atoms with van der Waals surface area (Å²) in [6.45, 7) is 0.365. The number of imidazole rings is 1. The maximum atomic E-state index is 13.2. The lowest BCUT2D eigenvalue weighted by atomic mass is 10.2. The Morgan fingerprint density at radius 2 is 2.07 bits per heavy atom. The van der Waals surface area contributed by atoms with E-state index in [4.69, 9.17) is 4.74 Å². The molecule has 3 rings (SSSR count). The van der Waals surface area contributed by atoms with Gasteiger partial charge in [-0.05, 0) is 35.9 Å². The van der Waals surface area contributed by atoms with Crippen molar-refractivity contribution < 1.29 is 19.0 Å². The number of nitrogens with zero attached hydrogens (tertiary/aromatic N) is 2. The van der Waals surface area contributed by atoms with Gasteiger partial charge in [-0.25, -0.2) is 9.37 Å². The van der Waals surface area contributed by atoms with Gasteiger partial charge in [-0.3, -0.25) is 4.79 Å². The Bertz CT molecular complexity index is 944. The highest BCUT2D eigenvalue weighted by molar-refractivity contribution is 7.99. The summed E-state index contributed by atoms with van der Waals surface area (Å²) in [5.41, 5.74) is 1.97. The van der Waals surface area contributed by atoms with Gasteiger partial charge in [0.15, 0.2) is 5.16 Å². The largest absolute Gasteiger partial charge is 0.497 e. The summed E-state index contributed by atoms with van der Waals surface area (Å²) in [6.07, 6.45) is 1.76. The molecule has 1 amide bonds. The van der Waals surface area contributed by atoms with Gasteiger partial charge in [0.1, 0.15) is 11.6 Å². The maximum absolute atomic E-state index is 13.2. The van der Waals surface area contributed by atoms with Crippen LogP contribution in [-0.4, -0.2) is 33.4 Å². The first kappa shape index (κ1) is 19.9. The zero-order valence-corrected chi connectivity index (χ0v) is 16.1. The van der Waals surface area contributed by atoms with Gasteiger partial charge in [0.2, 0.25) is 5.91 Å². The van der Waals surface area contributed by atoms with E-state index in [1.54, 1.807) is 19.4 Å². The molecule has 0 radical (unpaired) electrons. The van der Waals surface area contributed by atoms with E-state index in [-0.39, 0.29) is 18.3 Å². The molecule has 0 saturated heterocycles. The third-order valence-electron chi connectivity index (χ3n) is 3.90. The molecule has 0 aliphatic heterocycles. The summed E-state index contributed by atoms with van der Waals surface area (Å²) in [6, 6.07) is 13.4. The molecule has 3 aromatic rings. The molecule has 0 spiro atoms. The van der Waals surface area contributed by atoms with Crippen LogP contribution in [-0.2, 0) is 17.9 Å². The molecule has 0 aliphatic carbocycles. The lowest BCUT2D eigenvalue weighted by Crippen LogP contribution is -2.14. The number of anilines is 1. The van der Waals surface area contributed by atoms with Gasteiger partial charge in [0.25, 0.3) is 0 Å². The lowest BCUT2D eigenvalue weighted by molar-refractivity contribution is -0.113. The van der Waals surface area contributed by atoms with Gasteiger partial charge in [-0.2, -0.15) is 0 Å². The second-order valence-electron chi connectivity index (χ2n) is 6.00. The number of aliphatic hydroxyl groups is 1. The lowest BCUT2D eigenvalue weighted by Gasteiger charge is -2.09. The third kappa shape index (κ3) is 5.34. The molecule has 8 heteroatoms. The molecular weight excluding hydrogens is 381 g/mol. The minimum atomic E-state index is -0.409. The summed E-state index contributed by atoms with van der Waals surface area (Å²) in [7, 11) is 1.61. The molecule has 1 heterocycles. The van der Waals surface area contributed by atoms with E-state index in [2.05, 4.69) is 10.3 Å². The van der Waals surface area contributed by atoms with E-state index in [0.717, 1.165) is 11.3 Å². The van der Waals surface area contributed by atoms with Crippen molar-refractivity contribution in [3.05, 3.63) is 71.8 Å². The van der Waals surface area contributed by atoms with Crippen molar-refractivity contribution >= 4 is 23.4 Å². The smallest absolute Gasteiger partial charge is 0.234 e. The Balaban J connectivity index is 1.65. The van der Waals surface area contributed by atoms with Crippen LogP contribution < -0.4 is 10.1 Å². The van der Waals surface area contributed by atoms with Crippen LogP contribution in [0.3, 0.4) is 0 Å². The summed E-state index contributed by atoms with van der Waals surface area (Å²) < 4.78 is 20.3. The Kier molecular flexibility index (Phi) is 6.67. The molecule has 2 N–H and O–H groups in total. The molecule has 0 unspecified atom stereocenters. The summed E-state index contributed by atoms with van der Waals surface area (Å²) in [4.78, 5) is 16.5. The second kappa shape index (κ2) is 9.38. The highest BCUT2D eigenvalue weighted by atomic mass is 32.2. The van der Waals surface area contributed by atoms with E-state index < -0.39 is 5.82 Å². The quantitative estimate of drug-likeness (QED) is 0.567. The number of amides is 1. The minimum absolute atomic E-state index is 0.112. The van der Waals surface area contributed by atoms with Gasteiger partial charge in [0, 0.05) is 18.4 Å². The number of aliphatic hydroxyl groups excluding tert-OH is 1. The van der Waals surface area contributed by atoms with E-state index in [9.17, 15) is 14.3 Å². The van der Waals surface area contributed by atoms with Crippen LogP contribution in [0.2, 0.25) is 0 Å². The zero-order valence-electron chi connectivity index (χ0n) is 15.3. The number of halogens is 1. The van der Waals surface area contributed by atoms with Crippen LogP contribution in [0.15, 0.2) is 59.9 Å². The Morgan fingerprint density at radius 1 is 1.29 bits per heavy atom. The SMILES string of the molecule is COc1ccc(Cn2cc(CO)nc2SCC(=O)Nc2cccc(F)c2)cc1. The molecule has 2 aromatic carbocycles. The molecule has 0 aliphatic rings. The number of thioether (sulfide) groups is 1. The van der Waals surface area contributed by atoms with Crippen molar-refractivity contribution in [3.8, 4) is 5.75 Å². The monoisotopic (exact) mass is 401 g/mol. The van der Waals surface area contributed by atoms with E-state index in [1.165, 1.54) is 30.0 Å². The standard InChI is InChI=1S/C20H20FN3O3S/c1-27-18-7-5-14(6-8-18)10-24-11-17(12-25)23-20(24)28-13-19(26)22-16-4-2-3-15(21)9-16/h2-9,11,25H,10,12-13H2,1H3,(H,22,26). The van der Waals surface area contributed by atoms with E-state index >= 15 is 0 Å². The van der Waals surface area contributed by atoms with Crippen molar-refractivity contribution in [2.45, 2.75) is 18.3 Å². The topological polar surface area (TPSA) is 76.4 Å². The molecular formula is C20H20FN3O3S. The van der Waals surface area contributed by atoms with Gasteiger partial charge in [-0.15, -0.1) is 0 Å². The van der Waals surface area contributed by atoms with Crippen molar-refractivity contribution in [2.75, 3.05) is 18.2 Å². The number of hydrogen-bond donors (Lipinski definition) is 2. The average molecular weight is 401 g/mol. The normalized spacial score (nSPS) is 10.7. The predicted molar refractivity (Wildman–Crippen MR) is 106 cm³/mol. The fourth-order valence-corrected chi connectivity index (χ4v) is 3.37. The third-order valence-corrected chi connectivity index (χ3v) is 4.90. The Hall–Kier alpha value is -2.84. The molecule has 0 atom stereocenters. The first-order valence-electron chi connectivity index (χ1n) is 8.55. The van der Waals surface area contributed by atoms with Crippen LogP contribution in [0.5, 0.6) is 5.75 Å². The fraction of sp³-hybridized carbons (Fsp3) is 0.200. The summed E-state index contributed by atoms with van der Waals surface area (Å²) in [5.74, 6) is 0.211. The number of methoxy groups -OCH3 is 1. The van der Waals surface area contributed by atoms with Crippen molar-refractivity contribution in [1.82, 2.24) is 9.55 Å². The first-order chi connectivity index (χ1) is 13.6. The molecule has 0 fully saturated rings. The fourth-order valence-electron chi connectivity index (χ4n) is 2.58. The van der Waals surface area contributed by atoms with Gasteiger partial charge in [-0.1, -0.05) is 30.0 Å². The Labute approximate surface area is 166 Å².